The van der Waals surface area contributed by atoms with Crippen molar-refractivity contribution in [2.75, 3.05) is 6.54 Å². The van der Waals surface area contributed by atoms with E-state index in [9.17, 15) is 18.5 Å². The van der Waals surface area contributed by atoms with Crippen molar-refractivity contribution in [1.82, 2.24) is 9.62 Å². The maximum Gasteiger partial charge on any atom is 0.273 e. The molecule has 1 aliphatic heterocycles. The lowest BCUT2D eigenvalue weighted by molar-refractivity contribution is -0.385. The third-order valence-electron chi connectivity index (χ3n) is 4.52. The number of hydrogen-bond donors (Lipinski definition) is 1. The molecule has 0 bridgehead atoms. The lowest BCUT2D eigenvalue weighted by Crippen LogP contribution is -2.38. The molecule has 126 valence electrons. The number of nitrogens with one attached hydrogen (secondary N) is 1. The van der Waals surface area contributed by atoms with Gasteiger partial charge in [-0.1, -0.05) is 18.2 Å². The van der Waals surface area contributed by atoms with Gasteiger partial charge in [0, 0.05) is 36.3 Å². The number of nitrogens with zero attached hydrogens (tertiary/aromatic N) is 2. The van der Waals surface area contributed by atoms with Gasteiger partial charge in [-0.25, -0.2) is 13.1 Å². The predicted molar refractivity (Wildman–Crippen MR) is 86.5 cm³/mol. The zero-order chi connectivity index (χ0) is 16.6. The second-order valence-corrected chi connectivity index (χ2v) is 8.23. The molecule has 8 heteroatoms. The topological polar surface area (TPSA) is 92.5 Å². The summed E-state index contributed by atoms with van der Waals surface area (Å²) in [6, 6.07) is 6.84. The first kappa shape index (κ1) is 16.4. The Balaban J connectivity index is 1.67. The molecule has 0 radical (unpaired) electrons. The smallest absolute Gasteiger partial charge is 0.273 e. The van der Waals surface area contributed by atoms with Gasteiger partial charge >= 0.3 is 0 Å². The molecule has 0 aromatic heterocycles. The summed E-state index contributed by atoms with van der Waals surface area (Å²) in [5.74, 6) is -0.363. The summed E-state index contributed by atoms with van der Waals surface area (Å²) >= 11 is 0. The Morgan fingerprint density at radius 1 is 1.35 bits per heavy atom. The van der Waals surface area contributed by atoms with Crippen molar-refractivity contribution in [3.63, 3.8) is 0 Å². The Hall–Kier alpha value is -1.51. The average Bonchev–Trinajstić information content (AvgIpc) is 3.23. The molecule has 1 aromatic carbocycles. The Bertz CT molecular complexity index is 702. The molecule has 0 spiro atoms. The zero-order valence-electron chi connectivity index (χ0n) is 13.0. The van der Waals surface area contributed by atoms with Gasteiger partial charge in [0.05, 0.1) is 10.7 Å². The van der Waals surface area contributed by atoms with Crippen molar-refractivity contribution in [2.24, 2.45) is 0 Å². The fraction of sp³-hybridized carbons (Fsp3) is 0.600. The number of likely N-dealkylation sites (tertiary alicyclic amines) is 1. The molecule has 1 aliphatic carbocycles. The Kier molecular flexibility index (Phi) is 4.39. The van der Waals surface area contributed by atoms with E-state index in [-0.39, 0.29) is 23.0 Å². The van der Waals surface area contributed by atoms with Crippen LogP contribution < -0.4 is 4.72 Å². The highest BCUT2D eigenvalue weighted by atomic mass is 32.2. The molecule has 1 heterocycles. The zero-order valence-corrected chi connectivity index (χ0v) is 13.8. The molecule has 1 aromatic rings. The summed E-state index contributed by atoms with van der Waals surface area (Å²) in [6.07, 6.45) is 3.17. The van der Waals surface area contributed by atoms with E-state index in [0.717, 1.165) is 13.0 Å². The van der Waals surface area contributed by atoms with Gasteiger partial charge in [-0.3, -0.25) is 15.0 Å². The van der Waals surface area contributed by atoms with E-state index in [4.69, 9.17) is 0 Å². The molecule has 0 amide bonds. The van der Waals surface area contributed by atoms with Crippen molar-refractivity contribution in [1.29, 1.82) is 0 Å². The molecule has 2 atom stereocenters. The van der Waals surface area contributed by atoms with Crippen molar-refractivity contribution in [3.05, 3.63) is 39.9 Å². The molecular weight excluding hydrogens is 318 g/mol. The fourth-order valence-corrected chi connectivity index (χ4v) is 4.78. The summed E-state index contributed by atoms with van der Waals surface area (Å²) in [5, 5.41) is 11.0. The van der Waals surface area contributed by atoms with Gasteiger partial charge in [-0.05, 0) is 26.2 Å². The summed E-state index contributed by atoms with van der Waals surface area (Å²) in [7, 11) is -3.61. The number of hydrogen-bond acceptors (Lipinski definition) is 5. The van der Waals surface area contributed by atoms with Crippen molar-refractivity contribution in [2.45, 2.75) is 50.1 Å². The average molecular weight is 339 g/mol. The van der Waals surface area contributed by atoms with Crippen LogP contribution in [-0.4, -0.2) is 42.9 Å². The van der Waals surface area contributed by atoms with Crippen LogP contribution in [0.15, 0.2) is 24.3 Å². The largest absolute Gasteiger partial charge is 0.296 e. The van der Waals surface area contributed by atoms with Crippen LogP contribution in [0.1, 0.15) is 31.7 Å². The number of nitro groups is 1. The normalized spacial score (nSPS) is 25.6. The molecule has 3 rings (SSSR count). The Morgan fingerprint density at radius 3 is 2.70 bits per heavy atom. The van der Waals surface area contributed by atoms with Crippen LogP contribution >= 0.6 is 0 Å². The van der Waals surface area contributed by atoms with E-state index in [1.54, 1.807) is 6.07 Å². The van der Waals surface area contributed by atoms with E-state index in [1.165, 1.54) is 31.0 Å². The molecule has 1 N–H and O–H groups in total. The number of nitro benzene ring substituents is 1. The van der Waals surface area contributed by atoms with Gasteiger partial charge in [0.2, 0.25) is 10.0 Å². The van der Waals surface area contributed by atoms with Crippen molar-refractivity contribution in [3.8, 4) is 0 Å². The van der Waals surface area contributed by atoms with Crippen LogP contribution in [0.4, 0.5) is 5.69 Å². The molecule has 2 fully saturated rings. The van der Waals surface area contributed by atoms with E-state index in [0.29, 0.717) is 12.1 Å². The second-order valence-electron chi connectivity index (χ2n) is 6.47. The lowest BCUT2D eigenvalue weighted by Gasteiger charge is -2.19. The Labute approximate surface area is 135 Å². The van der Waals surface area contributed by atoms with Crippen LogP contribution in [0, 0.1) is 10.1 Å². The summed E-state index contributed by atoms with van der Waals surface area (Å²) < 4.78 is 27.5. The minimum atomic E-state index is -3.61. The van der Waals surface area contributed by atoms with E-state index in [2.05, 4.69) is 16.5 Å². The molecule has 23 heavy (non-hydrogen) atoms. The molecular formula is C15H21N3O4S. The monoisotopic (exact) mass is 339 g/mol. The van der Waals surface area contributed by atoms with Gasteiger partial charge in [-0.2, -0.15) is 0 Å². The van der Waals surface area contributed by atoms with Gasteiger partial charge in [-0.15, -0.1) is 0 Å². The number of para-hydroxylation sites is 1. The Morgan fingerprint density at radius 2 is 2.04 bits per heavy atom. The maximum absolute atomic E-state index is 12.4. The quantitative estimate of drug-likeness (QED) is 0.628. The third-order valence-corrected chi connectivity index (χ3v) is 5.90. The van der Waals surface area contributed by atoms with Crippen LogP contribution in [-0.2, 0) is 15.8 Å². The summed E-state index contributed by atoms with van der Waals surface area (Å²) in [6.45, 7) is 2.84. The second kappa shape index (κ2) is 6.18. The highest BCUT2D eigenvalue weighted by Crippen LogP contribution is 2.33. The third kappa shape index (κ3) is 3.88. The van der Waals surface area contributed by atoms with E-state index >= 15 is 0 Å². The first-order chi connectivity index (χ1) is 10.9. The van der Waals surface area contributed by atoms with Crippen LogP contribution in [0.5, 0.6) is 0 Å². The molecule has 2 aliphatic rings. The summed E-state index contributed by atoms with van der Waals surface area (Å²) in [4.78, 5) is 12.8. The number of benzene rings is 1. The van der Waals surface area contributed by atoms with Gasteiger partial charge in [0.1, 0.15) is 0 Å². The van der Waals surface area contributed by atoms with Crippen LogP contribution in [0.25, 0.3) is 0 Å². The standard InChI is InChI=1S/C15H21N3O4S/c1-11-8-13(9-17(11)14-6-7-14)16-23(21,22)10-12-4-2-3-5-15(12)18(19)20/h2-5,11,13-14,16H,6-10H2,1H3/t11-,13+/m1/s1. The van der Waals surface area contributed by atoms with Gasteiger partial charge in [0.15, 0.2) is 0 Å². The van der Waals surface area contributed by atoms with E-state index in [1.807, 2.05) is 0 Å². The molecule has 7 nitrogen and oxygen atoms in total. The van der Waals surface area contributed by atoms with E-state index < -0.39 is 14.9 Å². The van der Waals surface area contributed by atoms with Crippen molar-refractivity contribution < 1.29 is 13.3 Å². The SMILES string of the molecule is C[C@@H]1C[C@H](NS(=O)(=O)Cc2ccccc2[N+](=O)[O-])CN1C1CC1. The number of rotatable bonds is 6. The highest BCUT2D eigenvalue weighted by Gasteiger charge is 2.39. The highest BCUT2D eigenvalue weighted by molar-refractivity contribution is 7.88. The molecule has 1 saturated heterocycles. The summed E-state index contributed by atoms with van der Waals surface area (Å²) in [5.41, 5.74) is 0.0624. The molecule has 0 unspecified atom stereocenters. The molecule has 1 saturated carbocycles. The van der Waals surface area contributed by atoms with Crippen molar-refractivity contribution >= 4 is 15.7 Å². The lowest BCUT2D eigenvalue weighted by atomic mass is 10.2. The minimum Gasteiger partial charge on any atom is -0.296 e. The minimum absolute atomic E-state index is 0.113. The fourth-order valence-electron chi connectivity index (χ4n) is 3.37. The first-order valence-electron chi connectivity index (χ1n) is 7.84. The van der Waals surface area contributed by atoms with Crippen LogP contribution in [0.2, 0.25) is 0 Å². The van der Waals surface area contributed by atoms with Gasteiger partial charge in [0.25, 0.3) is 5.69 Å². The van der Waals surface area contributed by atoms with Gasteiger partial charge < -0.3 is 0 Å². The maximum atomic E-state index is 12.4. The van der Waals surface area contributed by atoms with Crippen LogP contribution in [0.3, 0.4) is 0 Å². The first-order valence-corrected chi connectivity index (χ1v) is 9.49. The number of sulfonamides is 1. The predicted octanol–water partition coefficient (Wildman–Crippen LogP) is 1.64.